The van der Waals surface area contributed by atoms with Crippen molar-refractivity contribution < 1.29 is 0 Å². The second-order valence-corrected chi connectivity index (χ2v) is 6.06. The van der Waals surface area contributed by atoms with Crippen molar-refractivity contribution in [3.8, 4) is 0 Å². The van der Waals surface area contributed by atoms with E-state index in [0.29, 0.717) is 0 Å². The minimum absolute atomic E-state index is 0.966. The van der Waals surface area contributed by atoms with E-state index < -0.39 is 0 Å². The topological polar surface area (TPSA) is 4.93 Å². The zero-order chi connectivity index (χ0) is 15.3. The predicted octanol–water partition coefficient (Wildman–Crippen LogP) is 6.03. The molecule has 0 aliphatic heterocycles. The van der Waals surface area contributed by atoms with E-state index in [4.69, 9.17) is 0 Å². The van der Waals surface area contributed by atoms with Gasteiger partial charge in [0.15, 0.2) is 0 Å². The summed E-state index contributed by atoms with van der Waals surface area (Å²) in [6.45, 7) is 0.966. The summed E-state index contributed by atoms with van der Waals surface area (Å²) >= 11 is 3.43. The molecular formula is C19H19NS2. The molecule has 0 aliphatic carbocycles. The van der Waals surface area contributed by atoms with Gasteiger partial charge in [-0.15, -0.1) is 0 Å². The van der Waals surface area contributed by atoms with Crippen LogP contribution in [0.25, 0.3) is 0 Å². The van der Waals surface area contributed by atoms with Crippen LogP contribution in [0.4, 0.5) is 0 Å². The van der Waals surface area contributed by atoms with Crippen LogP contribution in [-0.2, 0) is 6.54 Å². The number of hydrogen-bond donors (Lipinski definition) is 0. The molecule has 0 spiro atoms. The van der Waals surface area contributed by atoms with Gasteiger partial charge >= 0.3 is 0 Å². The van der Waals surface area contributed by atoms with Gasteiger partial charge in [0, 0.05) is 18.9 Å². The van der Waals surface area contributed by atoms with Crippen LogP contribution in [0.1, 0.15) is 5.56 Å². The molecule has 0 unspecified atom stereocenters. The average molecular weight is 326 g/mol. The highest BCUT2D eigenvalue weighted by Gasteiger charge is 1.90. The van der Waals surface area contributed by atoms with E-state index in [-0.39, 0.29) is 0 Å². The molecule has 0 atom stereocenters. The Bertz CT molecular complexity index is 593. The molecule has 22 heavy (non-hydrogen) atoms. The maximum Gasteiger partial charge on any atom is 0.0470 e. The van der Waals surface area contributed by atoms with Gasteiger partial charge in [-0.1, -0.05) is 54.6 Å². The first-order valence-corrected chi connectivity index (χ1v) is 8.93. The second kappa shape index (κ2) is 10.6. The molecule has 0 bridgehead atoms. The third kappa shape index (κ3) is 7.07. The lowest BCUT2D eigenvalue weighted by molar-refractivity contribution is 0.806. The summed E-state index contributed by atoms with van der Waals surface area (Å²) in [5, 5.41) is 8.17. The van der Waals surface area contributed by atoms with Gasteiger partial charge in [-0.2, -0.15) is 22.7 Å². The molecule has 1 aromatic carbocycles. The molecule has 3 aromatic heterocycles. The SMILES string of the molecule is c1ccc(Cn2cccc2)cc1.c1ccsc1.c1ccsc1. The van der Waals surface area contributed by atoms with Crippen LogP contribution in [0.15, 0.2) is 101 Å². The van der Waals surface area contributed by atoms with Crippen molar-refractivity contribution in [3.05, 3.63) is 106 Å². The van der Waals surface area contributed by atoms with Gasteiger partial charge in [-0.3, -0.25) is 0 Å². The minimum atomic E-state index is 0.966. The van der Waals surface area contributed by atoms with E-state index in [2.05, 4.69) is 41.2 Å². The summed E-state index contributed by atoms with van der Waals surface area (Å²) in [5.41, 5.74) is 1.34. The maximum atomic E-state index is 2.16. The Morgan fingerprint density at radius 3 is 1.50 bits per heavy atom. The summed E-state index contributed by atoms with van der Waals surface area (Å²) in [6, 6.07) is 22.6. The normalized spacial score (nSPS) is 9.09. The molecule has 0 aliphatic rings. The number of thiophene rings is 2. The van der Waals surface area contributed by atoms with Crippen molar-refractivity contribution in [1.29, 1.82) is 0 Å². The maximum absolute atomic E-state index is 2.16. The Kier molecular flexibility index (Phi) is 7.84. The molecule has 0 radical (unpaired) electrons. The minimum Gasteiger partial charge on any atom is -0.350 e. The van der Waals surface area contributed by atoms with Crippen LogP contribution in [-0.4, -0.2) is 4.57 Å². The number of rotatable bonds is 2. The van der Waals surface area contributed by atoms with Crippen molar-refractivity contribution >= 4 is 22.7 Å². The summed E-state index contributed by atoms with van der Waals surface area (Å²) < 4.78 is 2.16. The molecule has 0 saturated carbocycles. The van der Waals surface area contributed by atoms with Crippen molar-refractivity contribution in [1.82, 2.24) is 4.57 Å². The smallest absolute Gasteiger partial charge is 0.0470 e. The third-order valence-corrected chi connectivity index (χ3v) is 3.98. The molecule has 4 aromatic rings. The van der Waals surface area contributed by atoms with Crippen molar-refractivity contribution in [3.63, 3.8) is 0 Å². The summed E-state index contributed by atoms with van der Waals surface area (Å²) in [6.07, 6.45) is 4.15. The molecule has 0 amide bonds. The van der Waals surface area contributed by atoms with Gasteiger partial charge in [0.2, 0.25) is 0 Å². The lowest BCUT2D eigenvalue weighted by atomic mass is 10.2. The van der Waals surface area contributed by atoms with E-state index >= 15 is 0 Å². The van der Waals surface area contributed by atoms with Crippen LogP contribution >= 0.6 is 22.7 Å². The first kappa shape index (κ1) is 16.3. The van der Waals surface area contributed by atoms with Gasteiger partial charge in [0.05, 0.1) is 0 Å². The number of nitrogens with zero attached hydrogens (tertiary/aromatic N) is 1. The molecule has 112 valence electrons. The molecular weight excluding hydrogens is 306 g/mol. The van der Waals surface area contributed by atoms with Crippen molar-refractivity contribution in [2.45, 2.75) is 6.54 Å². The fourth-order valence-electron chi connectivity index (χ4n) is 1.72. The Balaban J connectivity index is 0.000000145. The lowest BCUT2D eigenvalue weighted by Crippen LogP contribution is -1.94. The Morgan fingerprint density at radius 1 is 0.591 bits per heavy atom. The monoisotopic (exact) mass is 325 g/mol. The summed E-state index contributed by atoms with van der Waals surface area (Å²) in [4.78, 5) is 0. The van der Waals surface area contributed by atoms with Crippen LogP contribution < -0.4 is 0 Å². The highest BCUT2D eigenvalue weighted by Crippen LogP contribution is 2.01. The number of benzene rings is 1. The van der Waals surface area contributed by atoms with E-state index in [0.717, 1.165) is 6.54 Å². The van der Waals surface area contributed by atoms with E-state index in [1.54, 1.807) is 22.7 Å². The van der Waals surface area contributed by atoms with Crippen LogP contribution in [0.2, 0.25) is 0 Å². The van der Waals surface area contributed by atoms with Gasteiger partial charge in [0.1, 0.15) is 0 Å². The number of aromatic nitrogens is 1. The van der Waals surface area contributed by atoms with Crippen LogP contribution in [0.3, 0.4) is 0 Å². The highest BCUT2D eigenvalue weighted by molar-refractivity contribution is 7.08. The number of hydrogen-bond acceptors (Lipinski definition) is 2. The fourth-order valence-corrected chi connectivity index (χ4v) is 2.63. The van der Waals surface area contributed by atoms with Gasteiger partial charge in [0.25, 0.3) is 0 Å². The molecule has 1 nitrogen and oxygen atoms in total. The molecule has 0 fully saturated rings. The zero-order valence-electron chi connectivity index (χ0n) is 12.3. The lowest BCUT2D eigenvalue weighted by Gasteiger charge is -2.01. The van der Waals surface area contributed by atoms with Crippen LogP contribution in [0.5, 0.6) is 0 Å². The van der Waals surface area contributed by atoms with E-state index in [1.807, 2.05) is 64.0 Å². The molecule has 0 saturated heterocycles. The van der Waals surface area contributed by atoms with Gasteiger partial charge in [-0.05, 0) is 39.2 Å². The average Bonchev–Trinajstić information content (AvgIpc) is 3.33. The second-order valence-electron chi connectivity index (χ2n) is 4.43. The summed E-state index contributed by atoms with van der Waals surface area (Å²) in [7, 11) is 0. The third-order valence-electron chi connectivity index (χ3n) is 2.72. The zero-order valence-corrected chi connectivity index (χ0v) is 13.9. The standard InChI is InChI=1S/C11H11N.2C4H4S/c1-2-6-11(7-3-1)10-12-8-4-5-9-12;2*1-2-4-5-3-1/h1-9H,10H2;2*1-4H. The largest absolute Gasteiger partial charge is 0.350 e. The molecule has 3 heterocycles. The van der Waals surface area contributed by atoms with E-state index in [9.17, 15) is 0 Å². The predicted molar refractivity (Wildman–Crippen MR) is 98.6 cm³/mol. The van der Waals surface area contributed by atoms with Crippen molar-refractivity contribution in [2.24, 2.45) is 0 Å². The quantitative estimate of drug-likeness (QED) is 0.424. The summed E-state index contributed by atoms with van der Waals surface area (Å²) in [5.74, 6) is 0. The van der Waals surface area contributed by atoms with Crippen molar-refractivity contribution in [2.75, 3.05) is 0 Å². The molecule has 0 N–H and O–H groups in total. The molecule has 4 rings (SSSR count). The highest BCUT2D eigenvalue weighted by atomic mass is 32.1. The Morgan fingerprint density at radius 2 is 1.09 bits per heavy atom. The molecule has 3 heteroatoms. The van der Waals surface area contributed by atoms with E-state index in [1.165, 1.54) is 5.56 Å². The fraction of sp³-hybridized carbons (Fsp3) is 0.0526. The van der Waals surface area contributed by atoms with Gasteiger partial charge in [-0.25, -0.2) is 0 Å². The first-order chi connectivity index (χ1) is 10.9. The Labute approximate surface area is 140 Å². The van der Waals surface area contributed by atoms with Crippen LogP contribution in [0, 0.1) is 0 Å². The van der Waals surface area contributed by atoms with Gasteiger partial charge < -0.3 is 4.57 Å². The first-order valence-electron chi connectivity index (χ1n) is 7.04. The Hall–Kier alpha value is -2.10.